The summed E-state index contributed by atoms with van der Waals surface area (Å²) >= 11 is 6.03. The third kappa shape index (κ3) is 5.07. The van der Waals surface area contributed by atoms with E-state index in [-0.39, 0.29) is 17.5 Å². The Kier molecular flexibility index (Phi) is 7.18. The highest BCUT2D eigenvalue weighted by atomic mass is 35.5. The number of primary amides is 1. The number of carbonyl (C=O) groups excluding carboxylic acids is 2. The first-order valence-corrected chi connectivity index (χ1v) is 11.2. The average Bonchev–Trinajstić information content (AvgIpc) is 3.27. The van der Waals surface area contributed by atoms with Gasteiger partial charge in [-0.15, -0.1) is 0 Å². The van der Waals surface area contributed by atoms with Crippen LogP contribution in [-0.4, -0.2) is 28.2 Å². The maximum atomic E-state index is 14.3. The molecule has 5 rings (SSSR count). The SMILES string of the molecule is NC(=O)CN(C(=O)c1cncc2ccccc12)C1CCc2c(F)cc(Cl)cc21.c1ccccc1. The Morgan fingerprint density at radius 1 is 1.03 bits per heavy atom. The quantitative estimate of drug-likeness (QED) is 0.433. The van der Waals surface area contributed by atoms with Crippen molar-refractivity contribution < 1.29 is 14.0 Å². The number of fused-ring (bicyclic) bond motifs is 2. The van der Waals surface area contributed by atoms with Gasteiger partial charge in [-0.25, -0.2) is 4.39 Å². The van der Waals surface area contributed by atoms with Gasteiger partial charge in [0.2, 0.25) is 5.91 Å². The summed E-state index contributed by atoms with van der Waals surface area (Å²) in [5.41, 5.74) is 6.93. The van der Waals surface area contributed by atoms with Crippen LogP contribution >= 0.6 is 11.6 Å². The van der Waals surface area contributed by atoms with Crippen LogP contribution < -0.4 is 5.73 Å². The van der Waals surface area contributed by atoms with E-state index >= 15 is 0 Å². The fraction of sp³-hybridized carbons (Fsp3) is 0.148. The normalized spacial score (nSPS) is 14.1. The number of nitrogens with two attached hydrogens (primary N) is 1. The second-order valence-corrected chi connectivity index (χ2v) is 8.41. The molecule has 1 aliphatic carbocycles. The van der Waals surface area contributed by atoms with Gasteiger partial charge >= 0.3 is 0 Å². The van der Waals surface area contributed by atoms with Crippen LogP contribution in [0.15, 0.2) is 85.2 Å². The molecule has 1 aliphatic rings. The van der Waals surface area contributed by atoms with Crippen LogP contribution in [0.3, 0.4) is 0 Å². The maximum absolute atomic E-state index is 14.3. The Morgan fingerprint density at radius 2 is 1.71 bits per heavy atom. The average molecular weight is 476 g/mol. The van der Waals surface area contributed by atoms with Crippen LogP contribution in [0.25, 0.3) is 10.8 Å². The molecule has 1 unspecified atom stereocenters. The molecule has 0 fully saturated rings. The minimum Gasteiger partial charge on any atom is -0.368 e. The van der Waals surface area contributed by atoms with Crippen LogP contribution in [0.5, 0.6) is 0 Å². The Balaban J connectivity index is 0.000000398. The fourth-order valence-electron chi connectivity index (χ4n) is 4.26. The predicted molar refractivity (Wildman–Crippen MR) is 131 cm³/mol. The van der Waals surface area contributed by atoms with Gasteiger partial charge < -0.3 is 10.6 Å². The molecule has 0 saturated heterocycles. The molecule has 0 spiro atoms. The molecule has 5 nitrogen and oxygen atoms in total. The van der Waals surface area contributed by atoms with E-state index in [9.17, 15) is 14.0 Å². The molecule has 0 aliphatic heterocycles. The number of amides is 2. The summed E-state index contributed by atoms with van der Waals surface area (Å²) in [4.78, 5) is 30.7. The number of aromatic nitrogens is 1. The summed E-state index contributed by atoms with van der Waals surface area (Å²) in [5.74, 6) is -1.41. The molecule has 3 aromatic carbocycles. The summed E-state index contributed by atoms with van der Waals surface area (Å²) in [7, 11) is 0. The number of pyridine rings is 1. The molecule has 1 aromatic heterocycles. The number of rotatable bonds is 4. The number of halogens is 2. The van der Waals surface area contributed by atoms with Crippen LogP contribution in [0.4, 0.5) is 4.39 Å². The summed E-state index contributed by atoms with van der Waals surface area (Å²) in [6.07, 6.45) is 4.10. The molecule has 7 heteroatoms. The van der Waals surface area contributed by atoms with Gasteiger partial charge in [-0.3, -0.25) is 14.6 Å². The van der Waals surface area contributed by atoms with Gasteiger partial charge in [0.15, 0.2) is 0 Å². The Morgan fingerprint density at radius 3 is 2.38 bits per heavy atom. The highest BCUT2D eigenvalue weighted by Gasteiger charge is 2.34. The lowest BCUT2D eigenvalue weighted by Gasteiger charge is -2.29. The van der Waals surface area contributed by atoms with Crippen molar-refractivity contribution in [1.82, 2.24) is 9.88 Å². The molecule has 1 heterocycles. The van der Waals surface area contributed by atoms with Gasteiger partial charge in [0, 0.05) is 22.8 Å². The van der Waals surface area contributed by atoms with Gasteiger partial charge in [0.05, 0.1) is 11.6 Å². The van der Waals surface area contributed by atoms with Crippen LogP contribution in [0, 0.1) is 5.82 Å². The Labute approximate surface area is 202 Å². The zero-order chi connectivity index (χ0) is 24.1. The molecule has 34 heavy (non-hydrogen) atoms. The van der Waals surface area contributed by atoms with E-state index in [2.05, 4.69) is 4.98 Å². The van der Waals surface area contributed by atoms with Gasteiger partial charge in [-0.1, -0.05) is 72.3 Å². The van der Waals surface area contributed by atoms with Crippen LogP contribution in [0.2, 0.25) is 5.02 Å². The predicted octanol–water partition coefficient (Wildman–Crippen LogP) is 5.33. The lowest BCUT2D eigenvalue weighted by molar-refractivity contribution is -0.119. The molecular formula is C27H23ClFN3O2. The van der Waals surface area contributed by atoms with Crippen LogP contribution in [0.1, 0.15) is 33.9 Å². The number of hydrogen-bond donors (Lipinski definition) is 1. The van der Waals surface area contributed by atoms with Crippen molar-refractivity contribution in [2.75, 3.05) is 6.54 Å². The van der Waals surface area contributed by atoms with E-state index in [1.165, 1.54) is 17.2 Å². The number of hydrogen-bond acceptors (Lipinski definition) is 3. The van der Waals surface area contributed by atoms with Crippen molar-refractivity contribution in [3.8, 4) is 0 Å². The molecule has 4 aromatic rings. The van der Waals surface area contributed by atoms with E-state index < -0.39 is 17.8 Å². The molecule has 2 amide bonds. The highest BCUT2D eigenvalue weighted by Crippen LogP contribution is 2.39. The van der Waals surface area contributed by atoms with E-state index in [4.69, 9.17) is 17.3 Å². The number of nitrogens with zero attached hydrogens (tertiary/aromatic N) is 2. The molecule has 0 saturated carbocycles. The highest BCUT2D eigenvalue weighted by molar-refractivity contribution is 6.30. The molecule has 0 radical (unpaired) electrons. The topological polar surface area (TPSA) is 76.3 Å². The van der Waals surface area contributed by atoms with E-state index in [0.717, 1.165) is 10.8 Å². The summed E-state index contributed by atoms with van der Waals surface area (Å²) in [6.45, 7) is -0.277. The van der Waals surface area contributed by atoms with Crippen molar-refractivity contribution in [3.05, 3.63) is 113 Å². The summed E-state index contributed by atoms with van der Waals surface area (Å²) in [6, 6.07) is 21.8. The zero-order valence-electron chi connectivity index (χ0n) is 18.3. The largest absolute Gasteiger partial charge is 0.368 e. The summed E-state index contributed by atoms with van der Waals surface area (Å²) < 4.78 is 14.3. The molecular weight excluding hydrogens is 453 g/mol. The molecule has 2 N–H and O–H groups in total. The maximum Gasteiger partial charge on any atom is 0.257 e. The molecule has 1 atom stereocenters. The van der Waals surface area contributed by atoms with E-state index in [1.807, 2.05) is 60.7 Å². The van der Waals surface area contributed by atoms with Gasteiger partial charge in [0.25, 0.3) is 5.91 Å². The van der Waals surface area contributed by atoms with Crippen molar-refractivity contribution in [2.45, 2.75) is 18.9 Å². The van der Waals surface area contributed by atoms with Crippen molar-refractivity contribution in [2.24, 2.45) is 5.73 Å². The third-order valence-corrected chi connectivity index (χ3v) is 5.97. The standard InChI is InChI=1S/C21H17ClFN3O2.C6H6/c22-13-7-16-15(18(23)8-13)5-6-19(16)26(11-20(24)27)21(28)17-10-25-9-12-3-1-2-4-14(12)17;1-2-4-6-5-3-1/h1-4,7-10,19H,5-6,11H2,(H2,24,27);1-6H. The van der Waals surface area contributed by atoms with Crippen molar-refractivity contribution in [3.63, 3.8) is 0 Å². The van der Waals surface area contributed by atoms with Crippen molar-refractivity contribution in [1.29, 1.82) is 0 Å². The first-order valence-electron chi connectivity index (χ1n) is 10.9. The summed E-state index contributed by atoms with van der Waals surface area (Å²) in [5, 5.41) is 1.79. The van der Waals surface area contributed by atoms with E-state index in [0.29, 0.717) is 29.5 Å². The van der Waals surface area contributed by atoms with Gasteiger partial charge in [-0.2, -0.15) is 0 Å². The lowest BCUT2D eigenvalue weighted by atomic mass is 10.0. The van der Waals surface area contributed by atoms with Crippen molar-refractivity contribution >= 4 is 34.2 Å². The fourth-order valence-corrected chi connectivity index (χ4v) is 4.48. The Bertz CT molecular complexity index is 1300. The first-order chi connectivity index (χ1) is 16.5. The molecule has 172 valence electrons. The number of carbonyl (C=O) groups is 2. The minimum atomic E-state index is -0.641. The lowest BCUT2D eigenvalue weighted by Crippen LogP contribution is -2.40. The molecule has 0 bridgehead atoms. The third-order valence-electron chi connectivity index (χ3n) is 5.75. The first kappa shape index (κ1) is 23.4. The second kappa shape index (κ2) is 10.4. The Hall–Kier alpha value is -3.77. The van der Waals surface area contributed by atoms with E-state index in [1.54, 1.807) is 12.3 Å². The van der Waals surface area contributed by atoms with Crippen LogP contribution in [-0.2, 0) is 11.2 Å². The smallest absolute Gasteiger partial charge is 0.257 e. The second-order valence-electron chi connectivity index (χ2n) is 7.97. The minimum absolute atomic E-state index is 0.251. The zero-order valence-corrected chi connectivity index (χ0v) is 19.1. The number of benzene rings is 3. The van der Waals surface area contributed by atoms with Gasteiger partial charge in [-0.05, 0) is 41.5 Å². The monoisotopic (exact) mass is 475 g/mol. The van der Waals surface area contributed by atoms with Gasteiger partial charge in [0.1, 0.15) is 12.4 Å².